The summed E-state index contributed by atoms with van der Waals surface area (Å²) >= 11 is 13.1. The Balaban J connectivity index is 2.80. The summed E-state index contributed by atoms with van der Waals surface area (Å²) in [6, 6.07) is 17.3. The number of rotatable bonds is 4. The molecular formula is C20H28Cl2F2N2P3+. The monoisotopic (exact) mass is 497 g/mol. The summed E-state index contributed by atoms with van der Waals surface area (Å²) < 4.78 is 41.5. The molecule has 0 aromatic heterocycles. The Morgan fingerprint density at radius 2 is 0.931 bits per heavy atom. The predicted molar refractivity (Wildman–Crippen MR) is 131 cm³/mol. The molecule has 0 spiro atoms. The minimum atomic E-state index is -3.69. The lowest BCUT2D eigenvalue weighted by atomic mass is 10.3. The van der Waals surface area contributed by atoms with Gasteiger partial charge >= 0.3 is 6.27 Å². The molecular weight excluding hydrogens is 470 g/mol. The third-order valence-electron chi connectivity index (χ3n) is 4.44. The number of hydrogen-bond acceptors (Lipinski definition) is 2. The van der Waals surface area contributed by atoms with Crippen LogP contribution in [0.3, 0.4) is 0 Å². The molecule has 0 fully saturated rings. The van der Waals surface area contributed by atoms with Crippen LogP contribution in [0.15, 0.2) is 69.7 Å². The van der Waals surface area contributed by atoms with E-state index in [-0.39, 0.29) is 0 Å². The highest BCUT2D eigenvalue weighted by atomic mass is 35.9. The molecule has 2 rings (SSSR count). The second-order valence-electron chi connectivity index (χ2n) is 8.76. The second-order valence-corrected chi connectivity index (χ2v) is 20.4. The molecule has 0 saturated heterocycles. The zero-order chi connectivity index (χ0) is 22.1. The van der Waals surface area contributed by atoms with Gasteiger partial charge in [-0.2, -0.15) is 8.39 Å². The van der Waals surface area contributed by atoms with Crippen molar-refractivity contribution in [2.75, 3.05) is 0 Å². The predicted octanol–water partition coefficient (Wildman–Crippen LogP) is 9.56. The fourth-order valence-electron chi connectivity index (χ4n) is 2.71. The van der Waals surface area contributed by atoms with Gasteiger partial charge in [-0.1, -0.05) is 102 Å². The zero-order valence-electron chi connectivity index (χ0n) is 17.5. The van der Waals surface area contributed by atoms with Crippen LogP contribution < -0.4 is 10.6 Å². The first-order valence-electron chi connectivity index (χ1n) is 9.19. The van der Waals surface area contributed by atoms with Crippen molar-refractivity contribution in [3.8, 4) is 0 Å². The lowest BCUT2D eigenvalue weighted by molar-refractivity contribution is 0.715. The summed E-state index contributed by atoms with van der Waals surface area (Å²) in [4.78, 5) is 0. The number of hydrogen-bond donors (Lipinski definition) is 0. The van der Waals surface area contributed by atoms with Crippen LogP contribution in [0.2, 0.25) is 0 Å². The van der Waals surface area contributed by atoms with Crippen LogP contribution in [-0.4, -0.2) is 10.3 Å². The average Bonchev–Trinajstić information content (AvgIpc) is 2.60. The van der Waals surface area contributed by atoms with Crippen molar-refractivity contribution in [3.05, 3.63) is 60.7 Å². The maximum atomic E-state index is 16.4. The van der Waals surface area contributed by atoms with Gasteiger partial charge in [-0.3, -0.25) is 0 Å². The molecule has 9 heteroatoms. The highest BCUT2D eigenvalue weighted by Crippen LogP contribution is 2.85. The molecule has 0 heterocycles. The molecule has 160 valence electrons. The normalized spacial score (nSPS) is 17.2. The van der Waals surface area contributed by atoms with E-state index in [9.17, 15) is 0 Å². The summed E-state index contributed by atoms with van der Waals surface area (Å²) in [7, 11) is -7.38. The van der Waals surface area contributed by atoms with Crippen molar-refractivity contribution in [1.29, 1.82) is 0 Å². The van der Waals surface area contributed by atoms with E-state index in [1.54, 1.807) is 102 Å². The molecule has 0 radical (unpaired) electrons. The Labute approximate surface area is 183 Å². The zero-order valence-corrected chi connectivity index (χ0v) is 21.7. The molecule has 0 saturated carbocycles. The smallest absolute Gasteiger partial charge is 0.200 e. The van der Waals surface area contributed by atoms with Crippen LogP contribution >= 0.6 is 43.5 Å². The molecule has 0 bridgehead atoms. The van der Waals surface area contributed by atoms with Crippen LogP contribution in [0, 0.1) is 0 Å². The third kappa shape index (κ3) is 5.53. The third-order valence-corrected chi connectivity index (χ3v) is 16.1. The molecule has 0 aliphatic carbocycles. The maximum absolute atomic E-state index is 16.4. The SMILES string of the molecule is CC(C)(C)P(F)(=N[P+](Cl)(Cl)N=P(F)(c1ccccc1)C(C)(C)C)c1ccccc1. The molecule has 2 aromatic carbocycles. The first kappa shape index (κ1) is 25.0. The maximum Gasteiger partial charge on any atom is 0.445 e. The number of nitrogens with zero attached hydrogens (tertiary/aromatic N) is 2. The standard InChI is InChI=1S/C20H28Cl2F2N2P3/c1-19(2,3)27(23,17-13-9-7-10-14-17)25-29(21,22)26-28(24,20(4,5)6)18-15-11-8-12-16-18/h7-16H,1-6H3/q+1. The molecule has 2 unspecified atom stereocenters. The van der Waals surface area contributed by atoms with Crippen LogP contribution in [0.1, 0.15) is 41.5 Å². The van der Waals surface area contributed by atoms with Gasteiger partial charge in [0.05, 0.1) is 0 Å². The molecule has 0 amide bonds. The molecule has 0 aliphatic heterocycles. The van der Waals surface area contributed by atoms with Crippen molar-refractivity contribution < 1.29 is 8.39 Å². The minimum Gasteiger partial charge on any atom is -0.200 e. The largest absolute Gasteiger partial charge is 0.445 e. The Hall–Kier alpha value is -0.230. The molecule has 0 aliphatic rings. The van der Waals surface area contributed by atoms with Crippen molar-refractivity contribution >= 4 is 54.1 Å². The summed E-state index contributed by atoms with van der Waals surface area (Å²) in [6.45, 7) is 10.5. The molecule has 2 atom stereocenters. The minimum absolute atomic E-state index is 0.423. The summed E-state index contributed by atoms with van der Waals surface area (Å²) in [5.41, 5.74) is 0. The molecule has 29 heavy (non-hydrogen) atoms. The number of halogens is 4. The van der Waals surface area contributed by atoms with Crippen molar-refractivity contribution in [2.45, 2.75) is 51.9 Å². The lowest BCUT2D eigenvalue weighted by Crippen LogP contribution is -2.21. The molecule has 0 N–H and O–H groups in total. The van der Waals surface area contributed by atoms with Crippen molar-refractivity contribution in [1.82, 2.24) is 0 Å². The van der Waals surface area contributed by atoms with Crippen molar-refractivity contribution in [2.24, 2.45) is 9.03 Å². The average molecular weight is 498 g/mol. The van der Waals surface area contributed by atoms with E-state index in [1.807, 2.05) is 0 Å². The van der Waals surface area contributed by atoms with Crippen molar-refractivity contribution in [3.63, 3.8) is 0 Å². The molecule has 2 aromatic rings. The van der Waals surface area contributed by atoms with Gasteiger partial charge in [0.1, 0.15) is 0 Å². The summed E-state index contributed by atoms with van der Waals surface area (Å²) in [6.07, 6.45) is -3.67. The first-order valence-corrected chi connectivity index (χ1v) is 16.0. The molecule has 2 nitrogen and oxygen atoms in total. The van der Waals surface area contributed by atoms with Crippen LogP contribution in [0.25, 0.3) is 0 Å². The van der Waals surface area contributed by atoms with E-state index in [1.165, 1.54) is 0 Å². The van der Waals surface area contributed by atoms with Gasteiger partial charge in [-0.05, 0) is 9.03 Å². The van der Waals surface area contributed by atoms with E-state index >= 15 is 8.39 Å². The first-order chi connectivity index (χ1) is 13.1. The Morgan fingerprint density at radius 3 is 1.17 bits per heavy atom. The van der Waals surface area contributed by atoms with E-state index in [4.69, 9.17) is 22.5 Å². The topological polar surface area (TPSA) is 24.7 Å². The van der Waals surface area contributed by atoms with Gasteiger partial charge in [0.2, 0.25) is 14.7 Å². The highest BCUT2D eigenvalue weighted by Gasteiger charge is 2.51. The highest BCUT2D eigenvalue weighted by molar-refractivity contribution is 8.18. The van der Waals surface area contributed by atoms with Gasteiger partial charge in [-0.15, -0.1) is 0 Å². The Kier molecular flexibility index (Phi) is 7.53. The van der Waals surface area contributed by atoms with Crippen LogP contribution in [0.4, 0.5) is 8.39 Å². The Bertz CT molecular complexity index is 874. The quantitative estimate of drug-likeness (QED) is 0.375. The summed E-state index contributed by atoms with van der Waals surface area (Å²) in [5, 5.41) is -0.867. The summed E-state index contributed by atoms with van der Waals surface area (Å²) in [5.74, 6) is 0. The van der Waals surface area contributed by atoms with Crippen LogP contribution in [0.5, 0.6) is 0 Å². The fourth-order valence-corrected chi connectivity index (χ4v) is 14.6. The van der Waals surface area contributed by atoms with Gasteiger partial charge in [0.15, 0.2) is 22.5 Å². The second kappa shape index (κ2) is 8.72. The van der Waals surface area contributed by atoms with E-state index < -0.39 is 31.3 Å². The number of benzene rings is 2. The van der Waals surface area contributed by atoms with E-state index in [0.717, 1.165) is 0 Å². The van der Waals surface area contributed by atoms with Gasteiger partial charge in [0, 0.05) is 20.9 Å². The van der Waals surface area contributed by atoms with E-state index in [2.05, 4.69) is 9.03 Å². The lowest BCUT2D eigenvalue weighted by Gasteiger charge is -2.30. The van der Waals surface area contributed by atoms with Gasteiger partial charge in [-0.25, -0.2) is 0 Å². The van der Waals surface area contributed by atoms with Gasteiger partial charge < -0.3 is 0 Å². The Morgan fingerprint density at radius 1 is 0.655 bits per heavy atom. The van der Waals surface area contributed by atoms with Gasteiger partial charge in [0.25, 0.3) is 0 Å². The van der Waals surface area contributed by atoms with Crippen LogP contribution in [-0.2, 0) is 0 Å². The van der Waals surface area contributed by atoms with E-state index in [0.29, 0.717) is 10.6 Å². The fraction of sp³-hybridized carbons (Fsp3) is 0.400.